The van der Waals surface area contributed by atoms with Crippen molar-refractivity contribution in [1.82, 2.24) is 10.1 Å². The van der Waals surface area contributed by atoms with Gasteiger partial charge in [0.1, 0.15) is 11.2 Å². The molecule has 0 saturated heterocycles. The number of carbonyl (C=O) groups is 2. The van der Waals surface area contributed by atoms with Gasteiger partial charge in [-0.05, 0) is 48.5 Å². The minimum atomic E-state index is -0.310. The molecule has 0 atom stereocenters. The summed E-state index contributed by atoms with van der Waals surface area (Å²) in [6.07, 6.45) is 0. The van der Waals surface area contributed by atoms with Gasteiger partial charge < -0.3 is 8.83 Å². The zero-order valence-electron chi connectivity index (χ0n) is 17.7. The lowest BCUT2D eigenvalue weighted by Crippen LogP contribution is -2.24. The maximum absolute atomic E-state index is 11.7. The average Bonchev–Trinajstić information content (AvgIpc) is 3.40. The Balaban J connectivity index is 0.000000181. The summed E-state index contributed by atoms with van der Waals surface area (Å²) < 4.78 is 12.7. The van der Waals surface area contributed by atoms with E-state index in [1.165, 1.54) is 28.3 Å². The van der Waals surface area contributed by atoms with Crippen LogP contribution in [0.5, 0.6) is 0 Å². The van der Waals surface area contributed by atoms with E-state index in [0.717, 1.165) is 29.8 Å². The highest BCUT2D eigenvalue weighted by Crippen LogP contribution is 2.25. The Bertz CT molecular complexity index is 1170. The summed E-state index contributed by atoms with van der Waals surface area (Å²) in [6, 6.07) is 14.6. The van der Waals surface area contributed by atoms with Crippen LogP contribution >= 0.6 is 31.9 Å². The van der Waals surface area contributed by atoms with E-state index in [2.05, 4.69) is 31.9 Å². The predicted molar refractivity (Wildman–Crippen MR) is 126 cm³/mol. The third-order valence-electron chi connectivity index (χ3n) is 4.51. The Kier molecular flexibility index (Phi) is 7.73. The van der Waals surface area contributed by atoms with Crippen molar-refractivity contribution in [3.8, 4) is 0 Å². The molecule has 2 heterocycles. The van der Waals surface area contributed by atoms with Crippen LogP contribution < -0.4 is 0 Å². The molecular weight excluding hydrogens is 548 g/mol. The molecule has 0 aliphatic heterocycles. The molecular formula is C22H20Br2N2O6. The molecule has 32 heavy (non-hydrogen) atoms. The monoisotopic (exact) mass is 566 g/mol. The van der Waals surface area contributed by atoms with Gasteiger partial charge in [-0.25, -0.2) is 10.1 Å². The Morgan fingerprint density at radius 3 is 1.44 bits per heavy atom. The number of hydroxylamine groups is 4. The molecule has 8 nitrogen and oxygen atoms in total. The molecule has 0 aliphatic carbocycles. The van der Waals surface area contributed by atoms with E-state index in [1.807, 2.05) is 36.4 Å². The number of rotatable bonds is 4. The van der Waals surface area contributed by atoms with Gasteiger partial charge in [0.05, 0.1) is 14.2 Å². The van der Waals surface area contributed by atoms with Crippen molar-refractivity contribution in [2.24, 2.45) is 0 Å². The second-order valence-electron chi connectivity index (χ2n) is 6.56. The fourth-order valence-electron chi connectivity index (χ4n) is 2.70. The lowest BCUT2D eigenvalue weighted by molar-refractivity contribution is -0.0772. The van der Waals surface area contributed by atoms with Gasteiger partial charge >= 0.3 is 11.8 Å². The van der Waals surface area contributed by atoms with E-state index in [9.17, 15) is 9.59 Å². The summed E-state index contributed by atoms with van der Waals surface area (Å²) in [5, 5.41) is 4.01. The Morgan fingerprint density at radius 1 is 0.719 bits per heavy atom. The number of benzene rings is 2. The van der Waals surface area contributed by atoms with E-state index in [-0.39, 0.29) is 23.3 Å². The number of hydrogen-bond acceptors (Lipinski definition) is 6. The van der Waals surface area contributed by atoms with Crippen LogP contribution in [0.15, 0.2) is 66.3 Å². The molecule has 0 aliphatic rings. The first kappa shape index (κ1) is 24.0. The van der Waals surface area contributed by atoms with Crippen LogP contribution in [0.3, 0.4) is 0 Å². The Hall–Kier alpha value is -2.66. The summed E-state index contributed by atoms with van der Waals surface area (Å²) in [5.74, 6) is -0.0976. The fourth-order valence-corrected chi connectivity index (χ4v) is 3.38. The third-order valence-corrected chi connectivity index (χ3v) is 5.49. The highest BCUT2D eigenvalue weighted by Gasteiger charge is 2.17. The lowest BCUT2D eigenvalue weighted by Gasteiger charge is -2.10. The van der Waals surface area contributed by atoms with Gasteiger partial charge in [-0.3, -0.25) is 19.3 Å². The van der Waals surface area contributed by atoms with Crippen LogP contribution in [0.2, 0.25) is 0 Å². The standard InChI is InChI=1S/2C11H10BrNO3/c2*1-13(15-2)11(14)10-5-7-3-4-8(12)6-9(7)16-10/h2*3-6H,1-2H3. The quantitative estimate of drug-likeness (QED) is 0.296. The number of furan rings is 2. The Labute approximate surface area is 200 Å². The molecule has 0 spiro atoms. The van der Waals surface area contributed by atoms with E-state index in [0.29, 0.717) is 11.2 Å². The molecule has 0 bridgehead atoms. The molecule has 2 amide bonds. The number of hydrogen-bond donors (Lipinski definition) is 0. The molecule has 0 fully saturated rings. The number of fused-ring (bicyclic) bond motifs is 2. The third kappa shape index (κ3) is 5.39. The van der Waals surface area contributed by atoms with Crippen molar-refractivity contribution in [3.63, 3.8) is 0 Å². The minimum absolute atomic E-state index is 0.262. The van der Waals surface area contributed by atoms with E-state index in [4.69, 9.17) is 18.5 Å². The zero-order chi connectivity index (χ0) is 23.4. The summed E-state index contributed by atoms with van der Waals surface area (Å²) in [6.45, 7) is 0. The lowest BCUT2D eigenvalue weighted by atomic mass is 10.2. The van der Waals surface area contributed by atoms with Crippen molar-refractivity contribution < 1.29 is 28.1 Å². The maximum atomic E-state index is 11.7. The SMILES string of the molecule is CON(C)C(=O)c1cc2ccc(Br)cc2o1.CON(C)C(=O)c1cc2ccc(Br)cc2o1. The second kappa shape index (κ2) is 10.3. The van der Waals surface area contributed by atoms with E-state index in [1.54, 1.807) is 12.1 Å². The topological polar surface area (TPSA) is 85.4 Å². The molecule has 168 valence electrons. The number of carbonyl (C=O) groups excluding carboxylic acids is 2. The molecule has 4 rings (SSSR count). The van der Waals surface area contributed by atoms with Gasteiger partial charge in [-0.2, -0.15) is 0 Å². The van der Waals surface area contributed by atoms with Gasteiger partial charge in [0.2, 0.25) is 0 Å². The van der Waals surface area contributed by atoms with Gasteiger partial charge in [0.15, 0.2) is 11.5 Å². The largest absolute Gasteiger partial charge is 0.451 e. The van der Waals surface area contributed by atoms with Gasteiger partial charge in [0.25, 0.3) is 0 Å². The Morgan fingerprint density at radius 2 is 1.09 bits per heavy atom. The van der Waals surface area contributed by atoms with Crippen LogP contribution in [0, 0.1) is 0 Å². The summed E-state index contributed by atoms with van der Waals surface area (Å²) in [4.78, 5) is 33.1. The van der Waals surface area contributed by atoms with Gasteiger partial charge in [0, 0.05) is 33.8 Å². The van der Waals surface area contributed by atoms with Crippen molar-refractivity contribution in [1.29, 1.82) is 0 Å². The first-order chi connectivity index (χ1) is 15.2. The van der Waals surface area contributed by atoms with Gasteiger partial charge in [-0.1, -0.05) is 31.9 Å². The average molecular weight is 568 g/mol. The maximum Gasteiger partial charge on any atom is 0.312 e. The van der Waals surface area contributed by atoms with Crippen molar-refractivity contribution in [2.45, 2.75) is 0 Å². The van der Waals surface area contributed by atoms with Crippen molar-refractivity contribution >= 4 is 65.6 Å². The van der Waals surface area contributed by atoms with Crippen LogP contribution in [-0.4, -0.2) is 50.3 Å². The van der Waals surface area contributed by atoms with Crippen molar-refractivity contribution in [3.05, 3.63) is 69.0 Å². The normalized spacial score (nSPS) is 10.7. The first-order valence-electron chi connectivity index (χ1n) is 9.26. The molecule has 0 saturated carbocycles. The molecule has 10 heteroatoms. The summed E-state index contributed by atoms with van der Waals surface area (Å²) in [7, 11) is 5.92. The zero-order valence-corrected chi connectivity index (χ0v) is 20.9. The molecule has 0 unspecified atom stereocenters. The highest BCUT2D eigenvalue weighted by molar-refractivity contribution is 9.10. The molecule has 4 aromatic rings. The molecule has 2 aromatic carbocycles. The minimum Gasteiger partial charge on any atom is -0.451 e. The highest BCUT2D eigenvalue weighted by atomic mass is 79.9. The first-order valence-corrected chi connectivity index (χ1v) is 10.8. The summed E-state index contributed by atoms with van der Waals surface area (Å²) >= 11 is 6.68. The van der Waals surface area contributed by atoms with Crippen LogP contribution in [-0.2, 0) is 9.68 Å². The van der Waals surface area contributed by atoms with E-state index >= 15 is 0 Å². The second-order valence-corrected chi connectivity index (χ2v) is 8.39. The van der Waals surface area contributed by atoms with Crippen LogP contribution in [0.4, 0.5) is 0 Å². The van der Waals surface area contributed by atoms with Crippen LogP contribution in [0.1, 0.15) is 21.1 Å². The van der Waals surface area contributed by atoms with E-state index < -0.39 is 0 Å². The van der Waals surface area contributed by atoms with Crippen molar-refractivity contribution in [2.75, 3.05) is 28.3 Å². The van der Waals surface area contributed by atoms with Gasteiger partial charge in [-0.15, -0.1) is 0 Å². The summed E-state index contributed by atoms with van der Waals surface area (Å²) in [5.41, 5.74) is 1.34. The number of nitrogens with zero attached hydrogens (tertiary/aromatic N) is 2. The fraction of sp³-hybridized carbons (Fsp3) is 0.182. The number of halogens is 2. The predicted octanol–water partition coefficient (Wildman–Crippen LogP) is 5.66. The molecule has 2 aromatic heterocycles. The number of amides is 2. The molecule has 0 N–H and O–H groups in total. The smallest absolute Gasteiger partial charge is 0.312 e. The van der Waals surface area contributed by atoms with Crippen LogP contribution in [0.25, 0.3) is 21.9 Å². The molecule has 0 radical (unpaired) electrons.